The normalized spacial score (nSPS) is 13.6. The Kier molecular flexibility index (Phi) is 2.81. The molecule has 0 bridgehead atoms. The number of hydrogen-bond donors (Lipinski definition) is 2. The van der Waals surface area contributed by atoms with Gasteiger partial charge in [-0.25, -0.2) is 0 Å². The van der Waals surface area contributed by atoms with Crippen LogP contribution in [-0.2, 0) is 11.5 Å². The number of nitrogens with one attached hydrogen (secondary N) is 2. The summed E-state index contributed by atoms with van der Waals surface area (Å²) in [5.74, 6) is 2.01. The third kappa shape index (κ3) is 2.08. The molecule has 112 valence electrons. The summed E-state index contributed by atoms with van der Waals surface area (Å²) >= 11 is 1.92. The van der Waals surface area contributed by atoms with Crippen LogP contribution in [-0.4, -0.2) is 15.2 Å². The quantitative estimate of drug-likeness (QED) is 0.567. The molecule has 0 saturated carbocycles. The number of aromatic nitrogens is 3. The van der Waals surface area contributed by atoms with Crippen molar-refractivity contribution in [2.45, 2.75) is 11.5 Å². The van der Waals surface area contributed by atoms with Crippen LogP contribution in [0, 0.1) is 0 Å². The van der Waals surface area contributed by atoms with Crippen LogP contribution in [0.15, 0.2) is 48.7 Å². The van der Waals surface area contributed by atoms with Gasteiger partial charge < -0.3 is 5.32 Å². The Labute approximate surface area is 137 Å². The lowest BCUT2D eigenvalue weighted by Crippen LogP contribution is -1.99. The Hall–Kier alpha value is -2.53. The molecular formula is C18H14N4S. The van der Waals surface area contributed by atoms with E-state index in [4.69, 9.17) is 4.98 Å². The smallest absolute Gasteiger partial charge is 0.0726 e. The van der Waals surface area contributed by atoms with E-state index in [9.17, 15) is 0 Å². The summed E-state index contributed by atoms with van der Waals surface area (Å²) in [6.07, 6.45) is 1.84. The number of thioether (sulfide) groups is 1. The maximum atomic E-state index is 4.82. The van der Waals surface area contributed by atoms with Gasteiger partial charge in [0.1, 0.15) is 0 Å². The van der Waals surface area contributed by atoms with Gasteiger partial charge in [0.05, 0.1) is 28.6 Å². The maximum absolute atomic E-state index is 4.82. The summed E-state index contributed by atoms with van der Waals surface area (Å²) in [6.45, 7) is 0. The topological polar surface area (TPSA) is 53.6 Å². The van der Waals surface area contributed by atoms with Crippen LogP contribution < -0.4 is 5.32 Å². The summed E-state index contributed by atoms with van der Waals surface area (Å²) in [4.78, 5) is 4.82. The molecule has 4 nitrogen and oxygen atoms in total. The first kappa shape index (κ1) is 13.0. The number of nitrogens with zero attached hydrogens (tertiary/aromatic N) is 2. The molecule has 0 aliphatic carbocycles. The second-order valence-corrected chi connectivity index (χ2v) is 6.70. The predicted molar refractivity (Wildman–Crippen MR) is 96.1 cm³/mol. The van der Waals surface area contributed by atoms with Gasteiger partial charge in [0, 0.05) is 33.5 Å². The molecule has 2 aromatic carbocycles. The second-order valence-electron chi connectivity index (χ2n) is 5.72. The fourth-order valence-corrected chi connectivity index (χ4v) is 4.18. The largest absolute Gasteiger partial charge is 0.355 e. The summed E-state index contributed by atoms with van der Waals surface area (Å²) in [6, 6.07) is 14.6. The average molecular weight is 318 g/mol. The third-order valence-corrected chi connectivity index (χ3v) is 5.25. The Balaban J connectivity index is 1.69. The van der Waals surface area contributed by atoms with E-state index in [1.165, 1.54) is 22.3 Å². The molecule has 5 heteroatoms. The molecule has 4 aromatic rings. The summed E-state index contributed by atoms with van der Waals surface area (Å²) < 4.78 is 0. The molecule has 0 spiro atoms. The van der Waals surface area contributed by atoms with Gasteiger partial charge in [-0.1, -0.05) is 18.2 Å². The highest BCUT2D eigenvalue weighted by atomic mass is 32.2. The van der Waals surface area contributed by atoms with Crippen molar-refractivity contribution in [3.63, 3.8) is 0 Å². The lowest BCUT2D eigenvalue weighted by atomic mass is 10.1. The molecule has 1 aliphatic heterocycles. The first-order chi connectivity index (χ1) is 11.4. The van der Waals surface area contributed by atoms with Crippen LogP contribution in [0.3, 0.4) is 0 Å². The molecule has 0 amide bonds. The van der Waals surface area contributed by atoms with E-state index in [0.29, 0.717) is 0 Å². The minimum atomic E-state index is 0.994. The number of anilines is 2. The van der Waals surface area contributed by atoms with Gasteiger partial charge in [-0.2, -0.15) is 16.9 Å². The van der Waals surface area contributed by atoms with E-state index in [1.54, 1.807) is 0 Å². The predicted octanol–water partition coefficient (Wildman–Crippen LogP) is 4.60. The molecular weight excluding hydrogens is 304 g/mol. The van der Waals surface area contributed by atoms with Crippen molar-refractivity contribution in [3.8, 4) is 0 Å². The fourth-order valence-electron chi connectivity index (χ4n) is 3.13. The van der Waals surface area contributed by atoms with Crippen molar-refractivity contribution in [1.82, 2.24) is 15.2 Å². The van der Waals surface area contributed by atoms with Crippen LogP contribution >= 0.6 is 11.8 Å². The first-order valence-electron chi connectivity index (χ1n) is 7.57. The zero-order valence-corrected chi connectivity index (χ0v) is 13.2. The van der Waals surface area contributed by atoms with Crippen LogP contribution in [0.25, 0.3) is 21.8 Å². The van der Waals surface area contributed by atoms with Crippen molar-refractivity contribution in [2.75, 3.05) is 5.32 Å². The van der Waals surface area contributed by atoms with Crippen molar-refractivity contribution in [2.24, 2.45) is 0 Å². The SMILES string of the molecule is c1ccc2c(Nc3ccc4cn[nH]c4c3)c3c(nc2c1)CSC3. The molecule has 0 saturated heterocycles. The van der Waals surface area contributed by atoms with Crippen LogP contribution in [0.2, 0.25) is 0 Å². The molecule has 0 atom stereocenters. The molecule has 0 radical (unpaired) electrons. The van der Waals surface area contributed by atoms with Crippen molar-refractivity contribution in [3.05, 3.63) is 59.9 Å². The van der Waals surface area contributed by atoms with Gasteiger partial charge in [-0.05, 0) is 24.3 Å². The number of rotatable bonds is 2. The van der Waals surface area contributed by atoms with Crippen LogP contribution in [0.5, 0.6) is 0 Å². The minimum absolute atomic E-state index is 0.994. The van der Waals surface area contributed by atoms with Gasteiger partial charge in [-0.15, -0.1) is 0 Å². The summed E-state index contributed by atoms with van der Waals surface area (Å²) in [5.41, 5.74) is 6.89. The Morgan fingerprint density at radius 3 is 3.04 bits per heavy atom. The highest BCUT2D eigenvalue weighted by molar-refractivity contribution is 7.98. The monoisotopic (exact) mass is 318 g/mol. The maximum Gasteiger partial charge on any atom is 0.0726 e. The molecule has 2 N–H and O–H groups in total. The number of pyridine rings is 1. The van der Waals surface area contributed by atoms with Crippen LogP contribution in [0.4, 0.5) is 11.4 Å². The number of benzene rings is 2. The molecule has 2 aromatic heterocycles. The molecule has 0 fully saturated rings. The summed E-state index contributed by atoms with van der Waals surface area (Å²) in [7, 11) is 0. The molecule has 23 heavy (non-hydrogen) atoms. The molecule has 5 rings (SSSR count). The number of hydrogen-bond acceptors (Lipinski definition) is 4. The lowest BCUT2D eigenvalue weighted by Gasteiger charge is -2.14. The third-order valence-electron chi connectivity index (χ3n) is 4.28. The average Bonchev–Trinajstić information content (AvgIpc) is 3.22. The van der Waals surface area contributed by atoms with Gasteiger partial charge in [0.2, 0.25) is 0 Å². The van der Waals surface area contributed by atoms with Gasteiger partial charge >= 0.3 is 0 Å². The first-order valence-corrected chi connectivity index (χ1v) is 8.72. The van der Waals surface area contributed by atoms with Crippen LogP contribution in [0.1, 0.15) is 11.3 Å². The minimum Gasteiger partial charge on any atom is -0.355 e. The Morgan fingerprint density at radius 2 is 2.04 bits per heavy atom. The van der Waals surface area contributed by atoms with Gasteiger partial charge in [0.25, 0.3) is 0 Å². The summed E-state index contributed by atoms with van der Waals surface area (Å²) in [5, 5.41) is 13.0. The number of H-pyrrole nitrogens is 1. The zero-order chi connectivity index (χ0) is 15.2. The Morgan fingerprint density at radius 1 is 1.09 bits per heavy atom. The van der Waals surface area contributed by atoms with Gasteiger partial charge in [-0.3, -0.25) is 10.1 Å². The fraction of sp³-hybridized carbons (Fsp3) is 0.111. The molecule has 0 unspecified atom stereocenters. The lowest BCUT2D eigenvalue weighted by molar-refractivity contribution is 1.12. The number of fused-ring (bicyclic) bond motifs is 3. The number of aromatic amines is 1. The molecule has 1 aliphatic rings. The standard InChI is InChI=1S/C18H14N4S/c1-2-4-15-13(3-1)18(14-9-23-10-17(14)21-15)20-12-6-5-11-8-19-22-16(11)7-12/h1-8H,9-10H2,(H,19,22)(H,20,21). The second kappa shape index (κ2) is 4.99. The van der Waals surface area contributed by atoms with Crippen molar-refractivity contribution < 1.29 is 0 Å². The number of para-hydroxylation sites is 1. The van der Waals surface area contributed by atoms with Crippen molar-refractivity contribution >= 4 is 44.9 Å². The van der Waals surface area contributed by atoms with E-state index in [0.717, 1.165) is 33.6 Å². The van der Waals surface area contributed by atoms with E-state index in [2.05, 4.69) is 51.9 Å². The highest BCUT2D eigenvalue weighted by Crippen LogP contribution is 2.39. The van der Waals surface area contributed by atoms with Gasteiger partial charge in [0.15, 0.2) is 0 Å². The van der Waals surface area contributed by atoms with E-state index >= 15 is 0 Å². The zero-order valence-electron chi connectivity index (χ0n) is 12.3. The van der Waals surface area contributed by atoms with Crippen molar-refractivity contribution in [1.29, 1.82) is 0 Å². The van der Waals surface area contributed by atoms with E-state index < -0.39 is 0 Å². The Bertz CT molecular complexity index is 1040. The van der Waals surface area contributed by atoms with E-state index in [1.807, 2.05) is 24.0 Å². The van der Waals surface area contributed by atoms with E-state index in [-0.39, 0.29) is 0 Å². The highest BCUT2D eigenvalue weighted by Gasteiger charge is 2.20. The molecule has 3 heterocycles.